The maximum Gasteiger partial charge on any atom is 0.113 e. The van der Waals surface area contributed by atoms with Crippen LogP contribution in [0.25, 0.3) is 11.3 Å². The molecule has 0 radical (unpaired) electrons. The lowest BCUT2D eigenvalue weighted by molar-refractivity contribution is 0.409. The van der Waals surface area contributed by atoms with E-state index in [4.69, 9.17) is 0 Å². The van der Waals surface area contributed by atoms with Crippen LogP contribution in [0.4, 0.5) is 5.69 Å². The minimum Gasteiger partial charge on any atom is -0.381 e. The SMILES string of the molecule is C=C=CC1(C)CCCC1Nc1cccc(-c2cn(Cc3cccc(C)c3)nn2)c1. The average Bonchev–Trinajstić information content (AvgIpc) is 3.30. The van der Waals surface area contributed by atoms with Crippen LogP contribution in [0.5, 0.6) is 0 Å². The summed E-state index contributed by atoms with van der Waals surface area (Å²) in [5.41, 5.74) is 8.67. The van der Waals surface area contributed by atoms with E-state index < -0.39 is 0 Å². The summed E-state index contributed by atoms with van der Waals surface area (Å²) < 4.78 is 1.90. The van der Waals surface area contributed by atoms with Crippen molar-refractivity contribution in [3.8, 4) is 11.3 Å². The number of anilines is 1. The number of rotatable bonds is 6. The van der Waals surface area contributed by atoms with Gasteiger partial charge in [0.25, 0.3) is 0 Å². The highest BCUT2D eigenvalue weighted by Gasteiger charge is 2.36. The topological polar surface area (TPSA) is 42.7 Å². The van der Waals surface area contributed by atoms with Gasteiger partial charge in [-0.25, -0.2) is 4.68 Å². The van der Waals surface area contributed by atoms with E-state index in [2.05, 4.69) is 96.4 Å². The fourth-order valence-corrected chi connectivity index (χ4v) is 4.31. The second-order valence-corrected chi connectivity index (χ2v) is 8.31. The van der Waals surface area contributed by atoms with Crippen LogP contribution in [0.2, 0.25) is 0 Å². The molecule has 2 unspecified atom stereocenters. The summed E-state index contributed by atoms with van der Waals surface area (Å²) in [4.78, 5) is 0. The van der Waals surface area contributed by atoms with Crippen LogP contribution < -0.4 is 5.32 Å². The Morgan fingerprint density at radius 2 is 2.14 bits per heavy atom. The summed E-state index contributed by atoms with van der Waals surface area (Å²) in [6.45, 7) is 8.89. The smallest absolute Gasteiger partial charge is 0.113 e. The van der Waals surface area contributed by atoms with Crippen molar-refractivity contribution >= 4 is 5.69 Å². The van der Waals surface area contributed by atoms with E-state index in [1.165, 1.54) is 24.0 Å². The second kappa shape index (κ2) is 8.10. The van der Waals surface area contributed by atoms with Gasteiger partial charge in [0.05, 0.1) is 12.7 Å². The Morgan fingerprint density at radius 3 is 2.97 bits per heavy atom. The maximum absolute atomic E-state index is 4.40. The number of aromatic nitrogens is 3. The molecule has 1 N–H and O–H groups in total. The van der Waals surface area contributed by atoms with Gasteiger partial charge in [0.15, 0.2) is 0 Å². The largest absolute Gasteiger partial charge is 0.381 e. The van der Waals surface area contributed by atoms with Gasteiger partial charge in [0.1, 0.15) is 5.69 Å². The molecule has 3 aromatic rings. The van der Waals surface area contributed by atoms with Gasteiger partial charge in [0, 0.05) is 22.7 Å². The van der Waals surface area contributed by atoms with Crippen LogP contribution in [0, 0.1) is 12.3 Å². The molecule has 4 heteroatoms. The van der Waals surface area contributed by atoms with Crippen molar-refractivity contribution in [2.45, 2.75) is 45.7 Å². The zero-order valence-corrected chi connectivity index (χ0v) is 17.2. The molecule has 1 fully saturated rings. The molecular formula is C25H28N4. The lowest BCUT2D eigenvalue weighted by atomic mass is 9.84. The average molecular weight is 385 g/mol. The minimum atomic E-state index is 0.106. The van der Waals surface area contributed by atoms with Crippen molar-refractivity contribution in [1.82, 2.24) is 15.0 Å². The van der Waals surface area contributed by atoms with Crippen molar-refractivity contribution in [3.05, 3.63) is 84.2 Å². The molecule has 0 aliphatic heterocycles. The highest BCUT2D eigenvalue weighted by Crippen LogP contribution is 2.40. The van der Waals surface area contributed by atoms with Gasteiger partial charge in [-0.2, -0.15) is 0 Å². The van der Waals surface area contributed by atoms with Crippen molar-refractivity contribution in [3.63, 3.8) is 0 Å². The normalized spacial score (nSPS) is 21.0. The van der Waals surface area contributed by atoms with Crippen LogP contribution in [-0.4, -0.2) is 21.0 Å². The number of nitrogens with one attached hydrogen (secondary N) is 1. The zero-order valence-electron chi connectivity index (χ0n) is 17.2. The number of benzene rings is 2. The van der Waals surface area contributed by atoms with Crippen molar-refractivity contribution < 1.29 is 0 Å². The number of hydrogen-bond acceptors (Lipinski definition) is 3. The van der Waals surface area contributed by atoms with Gasteiger partial charge >= 0.3 is 0 Å². The summed E-state index contributed by atoms with van der Waals surface area (Å²) in [6, 6.07) is 17.3. The van der Waals surface area contributed by atoms with Gasteiger partial charge in [0.2, 0.25) is 0 Å². The van der Waals surface area contributed by atoms with Gasteiger partial charge in [-0.05, 0) is 43.5 Å². The molecular weight excluding hydrogens is 356 g/mol. The van der Waals surface area contributed by atoms with Crippen LogP contribution in [0.3, 0.4) is 0 Å². The van der Waals surface area contributed by atoms with E-state index >= 15 is 0 Å². The standard InChI is InChI=1S/C25H28N4/c1-4-13-25(3)14-7-12-24(25)26-22-11-6-10-21(16-22)23-18-29(28-27-23)17-20-9-5-8-19(2)15-20/h5-6,8-11,13,15-16,18,24,26H,1,7,12,14,17H2,2-3H3. The van der Waals surface area contributed by atoms with Crippen LogP contribution in [0.15, 0.2) is 73.1 Å². The second-order valence-electron chi connectivity index (χ2n) is 8.31. The number of aryl methyl sites for hydroxylation is 1. The Morgan fingerprint density at radius 1 is 1.28 bits per heavy atom. The van der Waals surface area contributed by atoms with Gasteiger partial charge < -0.3 is 5.32 Å². The molecule has 1 aliphatic rings. The minimum absolute atomic E-state index is 0.106. The maximum atomic E-state index is 4.40. The molecule has 1 saturated carbocycles. The number of nitrogens with zero attached hydrogens (tertiary/aromatic N) is 3. The molecule has 2 aromatic carbocycles. The molecule has 1 heterocycles. The number of hydrogen-bond donors (Lipinski definition) is 1. The molecule has 0 amide bonds. The third-order valence-corrected chi connectivity index (χ3v) is 5.90. The van der Waals surface area contributed by atoms with Crippen molar-refractivity contribution in [2.75, 3.05) is 5.32 Å². The molecule has 0 spiro atoms. The van der Waals surface area contributed by atoms with E-state index in [1.54, 1.807) is 0 Å². The van der Waals surface area contributed by atoms with Crippen molar-refractivity contribution in [1.29, 1.82) is 0 Å². The van der Waals surface area contributed by atoms with Gasteiger partial charge in [-0.3, -0.25) is 0 Å². The highest BCUT2D eigenvalue weighted by molar-refractivity contribution is 5.64. The first-order valence-electron chi connectivity index (χ1n) is 10.3. The van der Waals surface area contributed by atoms with Crippen LogP contribution in [-0.2, 0) is 6.54 Å². The Kier molecular flexibility index (Phi) is 5.37. The van der Waals surface area contributed by atoms with E-state index in [0.717, 1.165) is 29.9 Å². The highest BCUT2D eigenvalue weighted by atomic mass is 15.4. The molecule has 29 heavy (non-hydrogen) atoms. The zero-order chi connectivity index (χ0) is 20.3. The molecule has 4 rings (SSSR count). The van der Waals surface area contributed by atoms with E-state index in [0.29, 0.717) is 6.04 Å². The van der Waals surface area contributed by atoms with Crippen LogP contribution >= 0.6 is 0 Å². The summed E-state index contributed by atoms with van der Waals surface area (Å²) in [5.74, 6) is 0. The van der Waals surface area contributed by atoms with E-state index in [9.17, 15) is 0 Å². The van der Waals surface area contributed by atoms with E-state index in [1.807, 2.05) is 10.9 Å². The Bertz CT molecular complexity index is 1040. The quantitative estimate of drug-likeness (QED) is 0.561. The molecule has 148 valence electrons. The predicted molar refractivity (Wildman–Crippen MR) is 119 cm³/mol. The molecule has 1 aromatic heterocycles. The van der Waals surface area contributed by atoms with Crippen LogP contribution in [0.1, 0.15) is 37.3 Å². The van der Waals surface area contributed by atoms with E-state index in [-0.39, 0.29) is 5.41 Å². The summed E-state index contributed by atoms with van der Waals surface area (Å²) in [7, 11) is 0. The molecule has 1 aliphatic carbocycles. The third kappa shape index (κ3) is 4.33. The third-order valence-electron chi connectivity index (χ3n) is 5.90. The van der Waals surface area contributed by atoms with Gasteiger partial charge in [-0.15, -0.1) is 10.8 Å². The first-order valence-corrected chi connectivity index (χ1v) is 10.3. The van der Waals surface area contributed by atoms with Gasteiger partial charge in [-0.1, -0.05) is 67.1 Å². The molecule has 2 atom stereocenters. The first kappa shape index (κ1) is 19.2. The Labute approximate surface area is 173 Å². The molecule has 4 nitrogen and oxygen atoms in total. The summed E-state index contributed by atoms with van der Waals surface area (Å²) in [6.07, 6.45) is 7.69. The lowest BCUT2D eigenvalue weighted by Gasteiger charge is -2.29. The first-order chi connectivity index (χ1) is 14.1. The predicted octanol–water partition coefficient (Wildman–Crippen LogP) is 5.61. The Hall–Kier alpha value is -3.10. The fraction of sp³-hybridized carbons (Fsp3) is 0.320. The monoisotopic (exact) mass is 384 g/mol. The lowest BCUT2D eigenvalue weighted by Crippen LogP contribution is -2.31. The fourth-order valence-electron chi connectivity index (χ4n) is 4.31. The molecule has 0 saturated heterocycles. The summed E-state index contributed by atoms with van der Waals surface area (Å²) >= 11 is 0. The Balaban J connectivity index is 1.50. The molecule has 0 bridgehead atoms. The van der Waals surface area contributed by atoms with Crippen molar-refractivity contribution in [2.24, 2.45) is 5.41 Å². The summed E-state index contributed by atoms with van der Waals surface area (Å²) in [5, 5.41) is 12.4.